The first-order chi connectivity index (χ1) is 25.2. The molecule has 2 aromatic heterocycles. The third-order valence-corrected chi connectivity index (χ3v) is 11.2. The second-order valence-electron chi connectivity index (χ2n) is 11.5. The van der Waals surface area contributed by atoms with Gasteiger partial charge in [-0.3, -0.25) is 33.7 Å². The lowest BCUT2D eigenvalue weighted by molar-refractivity contribution is -0.151. The molecule has 0 aliphatic carbocycles. The van der Waals surface area contributed by atoms with Crippen molar-refractivity contribution in [1.29, 1.82) is 0 Å². The van der Waals surface area contributed by atoms with E-state index in [0.29, 0.717) is 9.91 Å². The summed E-state index contributed by atoms with van der Waals surface area (Å²) < 4.78 is 16.3. The van der Waals surface area contributed by atoms with Gasteiger partial charge in [0.2, 0.25) is 11.3 Å². The summed E-state index contributed by atoms with van der Waals surface area (Å²) >= 11 is 3.92. The largest absolute Gasteiger partial charge is 0.508 e. The highest BCUT2D eigenvalue weighted by atomic mass is 32.2. The van der Waals surface area contributed by atoms with Crippen LogP contribution >= 0.6 is 34.9 Å². The second-order valence-corrected chi connectivity index (χ2v) is 15.0. The third kappa shape index (κ3) is 7.74. The molecule has 1 saturated heterocycles. The highest BCUT2D eigenvalue weighted by Crippen LogP contribution is 2.42. The van der Waals surface area contributed by atoms with Crippen molar-refractivity contribution >= 4 is 81.5 Å². The van der Waals surface area contributed by atoms with Gasteiger partial charge in [-0.05, 0) is 36.3 Å². The van der Waals surface area contributed by atoms with Crippen LogP contribution in [0.4, 0.5) is 0 Å². The van der Waals surface area contributed by atoms with Crippen molar-refractivity contribution in [3.8, 4) is 17.2 Å². The zero-order valence-electron chi connectivity index (χ0n) is 27.7. The standard InChI is InChI=1S/C33H27N5O12S3/c1-13-36-37-33(53-13)52-12-17-11-51-31-25(30(45)38(31)26(17)32(46)47)35-29(44)24(16-4-6-18(41)7-5-16)34-28(43)20-10-48-21-9-23(50-15(3)40)22(49-14(2)39)8-19(21)27(20)42/h4-10,24-25,31,41H,11-12H2,1-3H3,(H,34,43)(H,35,44)(H,46,47)/t24?,25-,31+/m1/s1. The Balaban J connectivity index is 1.24. The van der Waals surface area contributed by atoms with E-state index in [4.69, 9.17) is 13.9 Å². The quantitative estimate of drug-likeness (QED) is 0.0739. The Bertz CT molecular complexity index is 2290. The molecule has 20 heteroatoms. The number of carboxylic acids is 1. The second kappa shape index (κ2) is 15.1. The minimum absolute atomic E-state index is 0.114. The molecular formula is C33H27N5O12S3. The number of rotatable bonds is 11. The lowest BCUT2D eigenvalue weighted by Gasteiger charge is -2.49. The Labute approximate surface area is 310 Å². The Hall–Kier alpha value is -5.73. The lowest BCUT2D eigenvalue weighted by atomic mass is 10.0. The van der Waals surface area contributed by atoms with Crippen LogP contribution in [-0.4, -0.2) is 83.9 Å². The molecule has 0 bridgehead atoms. The summed E-state index contributed by atoms with van der Waals surface area (Å²) in [6.45, 7) is 4.00. The Morgan fingerprint density at radius 1 is 1.06 bits per heavy atom. The average molecular weight is 782 g/mol. The van der Waals surface area contributed by atoms with Crippen LogP contribution in [0.3, 0.4) is 0 Å². The molecule has 4 aromatic rings. The molecule has 4 heterocycles. The number of aromatic nitrogens is 2. The van der Waals surface area contributed by atoms with Crippen LogP contribution in [0.25, 0.3) is 11.0 Å². The molecule has 4 N–H and O–H groups in total. The number of β-lactam (4-membered cyclic amide) rings is 1. The number of phenols is 1. The van der Waals surface area contributed by atoms with E-state index in [1.54, 1.807) is 6.92 Å². The van der Waals surface area contributed by atoms with E-state index < -0.39 is 64.1 Å². The van der Waals surface area contributed by atoms with E-state index in [9.17, 15) is 43.8 Å². The number of benzene rings is 2. The molecular weight excluding hydrogens is 755 g/mol. The first kappa shape index (κ1) is 37.0. The number of hydrogen-bond donors (Lipinski definition) is 4. The normalized spacial score (nSPS) is 17.0. The van der Waals surface area contributed by atoms with Crippen LogP contribution in [0.2, 0.25) is 0 Å². The van der Waals surface area contributed by atoms with Crippen LogP contribution in [0.1, 0.15) is 40.8 Å². The van der Waals surface area contributed by atoms with E-state index in [2.05, 4.69) is 20.8 Å². The maximum Gasteiger partial charge on any atom is 0.352 e. The molecule has 1 fully saturated rings. The van der Waals surface area contributed by atoms with Crippen molar-refractivity contribution < 1.29 is 52.9 Å². The minimum Gasteiger partial charge on any atom is -0.508 e. The maximum absolute atomic E-state index is 13.8. The van der Waals surface area contributed by atoms with Crippen LogP contribution < -0.4 is 25.5 Å². The molecule has 0 spiro atoms. The molecule has 2 aromatic carbocycles. The van der Waals surface area contributed by atoms with Crippen LogP contribution in [0.15, 0.2) is 67.5 Å². The van der Waals surface area contributed by atoms with E-state index in [1.807, 2.05) is 0 Å². The number of thioether (sulfide) groups is 2. The summed E-state index contributed by atoms with van der Waals surface area (Å²) in [6, 6.07) is 4.76. The smallest absolute Gasteiger partial charge is 0.352 e. The van der Waals surface area contributed by atoms with E-state index in [1.165, 1.54) is 59.1 Å². The van der Waals surface area contributed by atoms with Crippen molar-refractivity contribution in [2.75, 3.05) is 11.5 Å². The molecule has 2 aliphatic rings. The summed E-state index contributed by atoms with van der Waals surface area (Å²) in [5, 5.41) is 32.7. The number of carboxylic acid groups (broad SMARTS) is 1. The predicted octanol–water partition coefficient (Wildman–Crippen LogP) is 2.51. The van der Waals surface area contributed by atoms with E-state index >= 15 is 0 Å². The van der Waals surface area contributed by atoms with Crippen molar-refractivity contribution in [3.05, 3.63) is 80.3 Å². The van der Waals surface area contributed by atoms with Gasteiger partial charge in [0, 0.05) is 31.4 Å². The number of esters is 2. The number of fused-ring (bicyclic) bond motifs is 2. The topological polar surface area (TPSA) is 245 Å². The average Bonchev–Trinajstić information content (AvgIpc) is 3.53. The number of ether oxygens (including phenoxy) is 2. The fraction of sp³-hybridized carbons (Fsp3) is 0.242. The molecule has 274 valence electrons. The SMILES string of the molecule is CC(=O)Oc1cc2occ(C(=O)NC(C(=O)N[C@@H]3C(=O)N4C(C(=O)O)=C(CSc5nnc(C)s5)CS[C@@H]34)c3ccc(O)cc3)c(=O)c2cc1OC(C)=O. The first-order valence-corrected chi connectivity index (χ1v) is 18.3. The van der Waals surface area contributed by atoms with Gasteiger partial charge in [0.25, 0.3) is 11.8 Å². The number of aliphatic carboxylic acids is 1. The fourth-order valence-corrected chi connectivity index (χ4v) is 8.76. The van der Waals surface area contributed by atoms with Crippen molar-refractivity contribution in [1.82, 2.24) is 25.7 Å². The summed E-state index contributed by atoms with van der Waals surface area (Å²) in [6.07, 6.45) is 0.836. The van der Waals surface area contributed by atoms with E-state index in [0.717, 1.165) is 42.2 Å². The molecule has 3 atom stereocenters. The van der Waals surface area contributed by atoms with Crippen molar-refractivity contribution in [3.63, 3.8) is 0 Å². The summed E-state index contributed by atoms with van der Waals surface area (Å²) in [5.41, 5.74) is -1.07. The van der Waals surface area contributed by atoms with Gasteiger partial charge >= 0.3 is 17.9 Å². The van der Waals surface area contributed by atoms with Crippen molar-refractivity contribution in [2.45, 2.75) is 42.6 Å². The molecule has 6 rings (SSSR count). The number of nitrogens with zero attached hydrogens (tertiary/aromatic N) is 3. The van der Waals surface area contributed by atoms with Gasteiger partial charge in [-0.15, -0.1) is 22.0 Å². The van der Waals surface area contributed by atoms with Gasteiger partial charge in [0.1, 0.15) is 51.3 Å². The summed E-state index contributed by atoms with van der Waals surface area (Å²) in [5.74, 6) is -5.57. The number of aromatic hydroxyl groups is 1. The number of amides is 3. The first-order valence-electron chi connectivity index (χ1n) is 15.4. The zero-order valence-corrected chi connectivity index (χ0v) is 30.2. The Morgan fingerprint density at radius 2 is 1.74 bits per heavy atom. The predicted molar refractivity (Wildman–Crippen MR) is 188 cm³/mol. The maximum atomic E-state index is 13.8. The fourth-order valence-electron chi connectivity index (χ4n) is 5.46. The number of carbonyl (C=O) groups excluding carboxylic acids is 5. The molecule has 0 radical (unpaired) electrons. The number of carbonyl (C=O) groups is 6. The Morgan fingerprint density at radius 3 is 2.36 bits per heavy atom. The van der Waals surface area contributed by atoms with Gasteiger partial charge in [0.05, 0.1) is 5.39 Å². The number of aryl methyl sites for hydroxylation is 1. The molecule has 1 unspecified atom stereocenters. The Kier molecular flexibility index (Phi) is 10.5. The highest BCUT2D eigenvalue weighted by molar-refractivity contribution is 8.01. The zero-order chi connectivity index (χ0) is 38.1. The van der Waals surface area contributed by atoms with Gasteiger partial charge < -0.3 is 34.7 Å². The minimum atomic E-state index is -1.52. The number of hydrogen-bond acceptors (Lipinski definition) is 16. The molecule has 17 nitrogen and oxygen atoms in total. The summed E-state index contributed by atoms with van der Waals surface area (Å²) in [7, 11) is 0. The van der Waals surface area contributed by atoms with Gasteiger partial charge in [-0.1, -0.05) is 35.2 Å². The van der Waals surface area contributed by atoms with Crippen LogP contribution in [0.5, 0.6) is 17.2 Å². The summed E-state index contributed by atoms with van der Waals surface area (Å²) in [4.78, 5) is 91.1. The van der Waals surface area contributed by atoms with Gasteiger partial charge in [-0.2, -0.15) is 0 Å². The van der Waals surface area contributed by atoms with Crippen LogP contribution in [-0.2, 0) is 24.0 Å². The number of phenolic OH excluding ortho intramolecular Hbond substituents is 1. The van der Waals surface area contributed by atoms with Crippen molar-refractivity contribution in [2.24, 2.45) is 0 Å². The van der Waals surface area contributed by atoms with Crippen LogP contribution in [0, 0.1) is 6.92 Å². The molecule has 3 amide bonds. The monoisotopic (exact) mass is 781 g/mol. The van der Waals surface area contributed by atoms with Gasteiger partial charge in [-0.25, -0.2) is 4.79 Å². The highest BCUT2D eigenvalue weighted by Gasteiger charge is 2.54. The molecule has 53 heavy (non-hydrogen) atoms. The van der Waals surface area contributed by atoms with Gasteiger partial charge in [0.15, 0.2) is 15.8 Å². The van der Waals surface area contributed by atoms with E-state index in [-0.39, 0.29) is 51.0 Å². The lowest BCUT2D eigenvalue weighted by Crippen LogP contribution is -2.71. The third-order valence-electron chi connectivity index (χ3n) is 7.78. The molecule has 0 saturated carbocycles. The molecule has 2 aliphatic heterocycles. The number of nitrogens with one attached hydrogen (secondary N) is 2.